The Labute approximate surface area is 279 Å². The summed E-state index contributed by atoms with van der Waals surface area (Å²) in [6.45, 7) is 0.684. The van der Waals surface area contributed by atoms with Gasteiger partial charge in [-0.1, -0.05) is 36.4 Å². The number of fused-ring (bicyclic) bond motifs is 5. The molecular formula is C39H40N2O7. The van der Waals surface area contributed by atoms with Gasteiger partial charge in [0.1, 0.15) is 30.0 Å². The molecule has 0 saturated heterocycles. The normalized spacial score (nSPS) is 17.9. The van der Waals surface area contributed by atoms with Gasteiger partial charge in [-0.15, -0.1) is 0 Å². The quantitative estimate of drug-likeness (QED) is 0.140. The third-order valence-electron chi connectivity index (χ3n) is 9.54. The molecule has 48 heavy (non-hydrogen) atoms. The van der Waals surface area contributed by atoms with Crippen LogP contribution < -0.4 is 14.2 Å². The van der Waals surface area contributed by atoms with Crippen LogP contribution in [0.5, 0.6) is 28.7 Å². The molecule has 9 nitrogen and oxygen atoms in total. The molecule has 1 aliphatic heterocycles. The van der Waals surface area contributed by atoms with Crippen molar-refractivity contribution >= 4 is 0 Å². The van der Waals surface area contributed by atoms with Crippen molar-refractivity contribution in [3.63, 3.8) is 0 Å². The summed E-state index contributed by atoms with van der Waals surface area (Å²) in [7, 11) is 1.52. The number of methoxy groups -OCH3 is 1. The van der Waals surface area contributed by atoms with Gasteiger partial charge in [-0.3, -0.25) is 0 Å². The van der Waals surface area contributed by atoms with Gasteiger partial charge in [0.25, 0.3) is 0 Å². The Bertz CT molecular complexity index is 1890. The fourth-order valence-corrected chi connectivity index (χ4v) is 7.28. The summed E-state index contributed by atoms with van der Waals surface area (Å²) in [6.07, 6.45) is 7.06. The molecule has 1 aromatic heterocycles. The number of hydrogen-bond acceptors (Lipinski definition) is 8. The van der Waals surface area contributed by atoms with Gasteiger partial charge in [-0.2, -0.15) is 0 Å². The van der Waals surface area contributed by atoms with Crippen molar-refractivity contribution < 1.29 is 34.6 Å². The molecule has 7 rings (SSSR count). The zero-order valence-corrected chi connectivity index (χ0v) is 26.9. The minimum Gasteiger partial charge on any atom is -0.508 e. The van der Waals surface area contributed by atoms with Gasteiger partial charge in [0, 0.05) is 42.6 Å². The number of aliphatic hydroxyl groups is 2. The molecule has 9 heteroatoms. The van der Waals surface area contributed by atoms with Gasteiger partial charge < -0.3 is 39.2 Å². The lowest BCUT2D eigenvalue weighted by Gasteiger charge is -2.38. The fraction of sp³-hybridized carbons (Fsp3) is 0.308. The van der Waals surface area contributed by atoms with Crippen LogP contribution in [0.25, 0.3) is 11.1 Å². The summed E-state index contributed by atoms with van der Waals surface area (Å²) in [5, 5.41) is 42.9. The molecule has 1 aliphatic carbocycles. The summed E-state index contributed by atoms with van der Waals surface area (Å²) in [5.74, 6) is 1.85. The second-order valence-electron chi connectivity index (χ2n) is 12.6. The Morgan fingerprint density at radius 1 is 0.979 bits per heavy atom. The lowest BCUT2D eigenvalue weighted by Crippen LogP contribution is -2.32. The lowest BCUT2D eigenvalue weighted by molar-refractivity contribution is 0.0199. The summed E-state index contributed by atoms with van der Waals surface area (Å²) >= 11 is 0. The summed E-state index contributed by atoms with van der Waals surface area (Å²) < 4.78 is 20.5. The van der Waals surface area contributed by atoms with Crippen LogP contribution in [0, 0.1) is 0 Å². The van der Waals surface area contributed by atoms with E-state index in [-0.39, 0.29) is 30.6 Å². The Morgan fingerprint density at radius 3 is 2.60 bits per heavy atom. The molecule has 3 unspecified atom stereocenters. The monoisotopic (exact) mass is 648 g/mol. The summed E-state index contributed by atoms with van der Waals surface area (Å²) in [6, 6.07) is 21.0. The van der Waals surface area contributed by atoms with Crippen LogP contribution in [0.1, 0.15) is 51.8 Å². The minimum absolute atomic E-state index is 0.0360. The number of phenolic OH excluding ortho intramolecular Hbond substituents is 2. The molecule has 0 amide bonds. The average Bonchev–Trinajstić information content (AvgIpc) is 3.63. The molecule has 0 fully saturated rings. The van der Waals surface area contributed by atoms with Crippen LogP contribution in [0.2, 0.25) is 0 Å². The van der Waals surface area contributed by atoms with E-state index in [4.69, 9.17) is 14.2 Å². The predicted molar refractivity (Wildman–Crippen MR) is 181 cm³/mol. The molecule has 0 bridgehead atoms. The molecule has 3 atom stereocenters. The van der Waals surface area contributed by atoms with E-state index in [2.05, 4.69) is 17.1 Å². The van der Waals surface area contributed by atoms with Gasteiger partial charge in [-0.05, 0) is 89.2 Å². The molecular weight excluding hydrogens is 608 g/mol. The highest BCUT2D eigenvalue weighted by Gasteiger charge is 2.38. The van der Waals surface area contributed by atoms with Gasteiger partial charge in [0.05, 0.1) is 26.1 Å². The van der Waals surface area contributed by atoms with Crippen LogP contribution in [0.4, 0.5) is 0 Å². The van der Waals surface area contributed by atoms with Gasteiger partial charge in [-0.25, -0.2) is 4.98 Å². The van der Waals surface area contributed by atoms with Crippen LogP contribution in [-0.4, -0.2) is 56.4 Å². The van der Waals surface area contributed by atoms with Gasteiger partial charge in [0.2, 0.25) is 0 Å². The molecule has 248 valence electrons. The standard InChI is InChI=1S/C39H40N2O7/c1-46-35-20-28(18-26(38(35)45)8-7-24-5-3-2-4-6-24)39-32(44)21-31-33(48-39)22-34(47-16-15-42)37-30-10-9-29(43)19-27(30)17-25(36(31)37)11-13-41-14-12-40-23-41/h2-6,9-10,12,14,18-20,22-23,25,32,39,42-45H,7-8,11,13,15-17,21H2,1H3. The predicted octanol–water partition coefficient (Wildman–Crippen LogP) is 5.89. The van der Waals surface area contributed by atoms with Crippen molar-refractivity contribution in [1.29, 1.82) is 0 Å². The topological polar surface area (TPSA) is 126 Å². The highest BCUT2D eigenvalue weighted by molar-refractivity contribution is 5.83. The SMILES string of the molecule is COc1cc(C2Oc3cc(OCCO)c4c(c3CC2O)C(CCn2ccnc2)Cc2cc(O)ccc2-4)cc(CCc2ccccc2)c1O. The average molecular weight is 649 g/mol. The molecule has 5 aromatic rings. The van der Waals surface area contributed by atoms with E-state index >= 15 is 0 Å². The highest BCUT2D eigenvalue weighted by atomic mass is 16.5. The van der Waals surface area contributed by atoms with E-state index in [0.717, 1.165) is 52.8 Å². The number of benzene rings is 4. The fourth-order valence-electron chi connectivity index (χ4n) is 7.28. The number of aryl methyl sites for hydroxylation is 3. The van der Waals surface area contributed by atoms with Crippen LogP contribution >= 0.6 is 0 Å². The zero-order chi connectivity index (χ0) is 33.2. The van der Waals surface area contributed by atoms with Crippen LogP contribution in [0.15, 0.2) is 85.5 Å². The Kier molecular flexibility index (Phi) is 8.97. The van der Waals surface area contributed by atoms with E-state index < -0.39 is 12.2 Å². The maximum Gasteiger partial charge on any atom is 0.161 e. The van der Waals surface area contributed by atoms with E-state index in [9.17, 15) is 20.4 Å². The number of rotatable bonds is 11. The van der Waals surface area contributed by atoms with Crippen LogP contribution in [-0.2, 0) is 32.2 Å². The van der Waals surface area contributed by atoms with Crippen molar-refractivity contribution in [1.82, 2.24) is 9.55 Å². The molecule has 0 radical (unpaired) electrons. The van der Waals surface area contributed by atoms with E-state index in [1.807, 2.05) is 53.2 Å². The molecule has 0 spiro atoms. The maximum absolute atomic E-state index is 11.8. The summed E-state index contributed by atoms with van der Waals surface area (Å²) in [5.41, 5.74) is 7.44. The first-order valence-electron chi connectivity index (χ1n) is 16.4. The van der Waals surface area contributed by atoms with E-state index in [0.29, 0.717) is 47.6 Å². The maximum atomic E-state index is 11.8. The van der Waals surface area contributed by atoms with Crippen molar-refractivity contribution in [2.45, 2.75) is 56.8 Å². The molecule has 2 heterocycles. The number of phenols is 2. The van der Waals surface area contributed by atoms with Crippen molar-refractivity contribution in [2.75, 3.05) is 20.3 Å². The number of aromatic nitrogens is 2. The van der Waals surface area contributed by atoms with Crippen molar-refractivity contribution in [2.24, 2.45) is 0 Å². The number of hydrogen-bond donors (Lipinski definition) is 4. The lowest BCUT2D eigenvalue weighted by atomic mass is 9.73. The Morgan fingerprint density at radius 2 is 1.83 bits per heavy atom. The van der Waals surface area contributed by atoms with Crippen LogP contribution in [0.3, 0.4) is 0 Å². The second-order valence-corrected chi connectivity index (χ2v) is 12.6. The third-order valence-corrected chi connectivity index (χ3v) is 9.54. The van der Waals surface area contributed by atoms with Crippen molar-refractivity contribution in [3.05, 3.63) is 119 Å². The zero-order valence-electron chi connectivity index (χ0n) is 26.9. The van der Waals surface area contributed by atoms with Gasteiger partial charge >= 0.3 is 0 Å². The van der Waals surface area contributed by atoms with E-state index in [1.165, 1.54) is 7.11 Å². The third kappa shape index (κ3) is 6.19. The Balaban J connectivity index is 1.29. The largest absolute Gasteiger partial charge is 0.508 e. The first-order valence-corrected chi connectivity index (χ1v) is 16.4. The number of imidazole rings is 1. The van der Waals surface area contributed by atoms with Gasteiger partial charge in [0.15, 0.2) is 11.5 Å². The second kappa shape index (κ2) is 13.6. The molecule has 4 N–H and O–H groups in total. The Hall–Kier alpha value is -4.99. The molecule has 4 aromatic carbocycles. The van der Waals surface area contributed by atoms with Crippen molar-refractivity contribution in [3.8, 4) is 39.9 Å². The van der Waals surface area contributed by atoms with E-state index in [1.54, 1.807) is 24.7 Å². The molecule has 0 saturated carbocycles. The number of ether oxygens (including phenoxy) is 3. The number of aromatic hydroxyl groups is 2. The minimum atomic E-state index is -0.877. The highest BCUT2D eigenvalue weighted by Crippen LogP contribution is 2.53. The number of nitrogens with zero attached hydrogens (tertiary/aromatic N) is 2. The number of aliphatic hydroxyl groups excluding tert-OH is 2. The molecule has 2 aliphatic rings. The smallest absolute Gasteiger partial charge is 0.161 e. The first-order chi connectivity index (χ1) is 23.4. The first kappa shape index (κ1) is 31.6. The summed E-state index contributed by atoms with van der Waals surface area (Å²) in [4.78, 5) is 4.20.